The molecule has 0 aliphatic carbocycles. The fraction of sp³-hybridized carbons (Fsp3) is 0.571. The number of benzene rings is 1. The Balaban J connectivity index is 2.23. The maximum atomic E-state index is 12.5. The molecule has 0 amide bonds. The Bertz CT molecular complexity index is 457. The summed E-state index contributed by atoms with van der Waals surface area (Å²) in [5.41, 5.74) is 6.76. The maximum Gasteiger partial charge on any atom is 0.387 e. The summed E-state index contributed by atoms with van der Waals surface area (Å²) >= 11 is 1.91. The van der Waals surface area contributed by atoms with Crippen LogP contribution in [0.4, 0.5) is 8.78 Å². The molecule has 1 fully saturated rings. The molecule has 0 radical (unpaired) electrons. The van der Waals surface area contributed by atoms with Gasteiger partial charge in [-0.15, -0.1) is 0 Å². The summed E-state index contributed by atoms with van der Waals surface area (Å²) in [4.78, 5) is 2.28. The predicted molar refractivity (Wildman–Crippen MR) is 80.3 cm³/mol. The van der Waals surface area contributed by atoms with Crippen molar-refractivity contribution >= 4 is 11.8 Å². The Kier molecular flexibility index (Phi) is 6.08. The topological polar surface area (TPSA) is 47.7 Å². The van der Waals surface area contributed by atoms with Crippen LogP contribution in [-0.2, 0) is 0 Å². The zero-order chi connectivity index (χ0) is 15.2. The summed E-state index contributed by atoms with van der Waals surface area (Å²) in [6.07, 6.45) is 0. The van der Waals surface area contributed by atoms with Crippen LogP contribution in [0.3, 0.4) is 0 Å². The van der Waals surface area contributed by atoms with Crippen LogP contribution >= 0.6 is 11.8 Å². The molecular weight excluding hydrogens is 298 g/mol. The molecule has 1 saturated heterocycles. The van der Waals surface area contributed by atoms with Crippen molar-refractivity contribution in [2.24, 2.45) is 5.73 Å². The lowest BCUT2D eigenvalue weighted by Gasteiger charge is -2.34. The van der Waals surface area contributed by atoms with Crippen LogP contribution in [0, 0.1) is 0 Å². The lowest BCUT2D eigenvalue weighted by molar-refractivity contribution is -0.0513. The van der Waals surface area contributed by atoms with Gasteiger partial charge in [-0.05, 0) is 17.7 Å². The van der Waals surface area contributed by atoms with Crippen molar-refractivity contribution in [2.45, 2.75) is 12.7 Å². The third kappa shape index (κ3) is 4.21. The van der Waals surface area contributed by atoms with Crippen molar-refractivity contribution in [1.29, 1.82) is 0 Å². The number of nitrogens with two attached hydrogens (primary N) is 1. The van der Waals surface area contributed by atoms with Gasteiger partial charge in [0.2, 0.25) is 0 Å². The van der Waals surface area contributed by atoms with Crippen LogP contribution in [0.2, 0.25) is 0 Å². The third-order valence-electron chi connectivity index (χ3n) is 3.50. The number of halogens is 2. The van der Waals surface area contributed by atoms with E-state index in [0.29, 0.717) is 12.3 Å². The highest BCUT2D eigenvalue weighted by Crippen LogP contribution is 2.33. The highest BCUT2D eigenvalue weighted by atomic mass is 32.2. The largest absolute Gasteiger partial charge is 0.493 e. The molecule has 0 aromatic heterocycles. The van der Waals surface area contributed by atoms with Crippen LogP contribution in [0.15, 0.2) is 18.2 Å². The van der Waals surface area contributed by atoms with E-state index in [-0.39, 0.29) is 11.8 Å². The molecule has 7 heteroatoms. The summed E-state index contributed by atoms with van der Waals surface area (Å²) in [5, 5.41) is 0. The van der Waals surface area contributed by atoms with Crippen LogP contribution in [0.1, 0.15) is 11.6 Å². The van der Waals surface area contributed by atoms with E-state index in [9.17, 15) is 8.78 Å². The second kappa shape index (κ2) is 7.82. The first-order valence-electron chi connectivity index (χ1n) is 6.80. The van der Waals surface area contributed by atoms with Crippen molar-refractivity contribution in [3.63, 3.8) is 0 Å². The number of hydrogen-bond donors (Lipinski definition) is 1. The smallest absolute Gasteiger partial charge is 0.387 e. The summed E-state index contributed by atoms with van der Waals surface area (Å²) in [7, 11) is 1.43. The number of nitrogens with zero attached hydrogens (tertiary/aromatic N) is 1. The van der Waals surface area contributed by atoms with Crippen LogP contribution in [-0.4, -0.2) is 49.8 Å². The molecule has 1 aliphatic rings. The molecule has 2 rings (SSSR count). The lowest BCUT2D eigenvalue weighted by Crippen LogP contribution is -2.39. The van der Waals surface area contributed by atoms with E-state index < -0.39 is 6.61 Å². The zero-order valence-electron chi connectivity index (χ0n) is 11.9. The van der Waals surface area contributed by atoms with Crippen LogP contribution < -0.4 is 15.2 Å². The normalized spacial score (nSPS) is 17.8. The van der Waals surface area contributed by atoms with Crippen molar-refractivity contribution in [2.75, 3.05) is 38.2 Å². The van der Waals surface area contributed by atoms with Gasteiger partial charge in [-0.1, -0.05) is 6.07 Å². The van der Waals surface area contributed by atoms with E-state index in [4.69, 9.17) is 10.5 Å². The monoisotopic (exact) mass is 318 g/mol. The van der Waals surface area contributed by atoms with Crippen LogP contribution in [0.25, 0.3) is 0 Å². The molecular formula is C14H20F2N2O2S. The van der Waals surface area contributed by atoms with Crippen molar-refractivity contribution in [3.05, 3.63) is 23.8 Å². The first kappa shape index (κ1) is 16.3. The molecule has 2 N–H and O–H groups in total. The Hall–Kier alpha value is -1.05. The number of hydrogen-bond acceptors (Lipinski definition) is 5. The first-order chi connectivity index (χ1) is 10.2. The average molecular weight is 318 g/mol. The van der Waals surface area contributed by atoms with Gasteiger partial charge in [-0.3, -0.25) is 4.90 Å². The van der Waals surface area contributed by atoms with Gasteiger partial charge in [0.1, 0.15) is 0 Å². The van der Waals surface area contributed by atoms with E-state index in [1.165, 1.54) is 7.11 Å². The first-order valence-corrected chi connectivity index (χ1v) is 7.95. The van der Waals surface area contributed by atoms with Gasteiger partial charge < -0.3 is 15.2 Å². The number of ether oxygens (including phenoxy) is 2. The highest BCUT2D eigenvalue weighted by Gasteiger charge is 2.23. The van der Waals surface area contributed by atoms with Gasteiger partial charge in [-0.2, -0.15) is 20.5 Å². The fourth-order valence-electron chi connectivity index (χ4n) is 2.47. The number of methoxy groups -OCH3 is 1. The quantitative estimate of drug-likeness (QED) is 0.872. The van der Waals surface area contributed by atoms with E-state index in [0.717, 1.165) is 30.2 Å². The van der Waals surface area contributed by atoms with Crippen molar-refractivity contribution in [1.82, 2.24) is 4.90 Å². The van der Waals surface area contributed by atoms with E-state index in [1.807, 2.05) is 17.8 Å². The maximum absolute atomic E-state index is 12.5. The molecule has 1 aromatic rings. The second-order valence-electron chi connectivity index (χ2n) is 4.69. The predicted octanol–water partition coefficient (Wildman–Crippen LogP) is 2.35. The zero-order valence-corrected chi connectivity index (χ0v) is 12.7. The Morgan fingerprint density at radius 3 is 2.57 bits per heavy atom. The summed E-state index contributed by atoms with van der Waals surface area (Å²) < 4.78 is 34.6. The van der Waals surface area contributed by atoms with Gasteiger partial charge in [0.25, 0.3) is 0 Å². The molecule has 118 valence electrons. The van der Waals surface area contributed by atoms with E-state index in [1.54, 1.807) is 12.1 Å². The molecule has 1 unspecified atom stereocenters. The molecule has 1 atom stereocenters. The standard InChI is InChI=1S/C14H20F2N2O2S/c1-19-12-3-2-10(8-13(12)20-14(15)16)11(9-17)18-4-6-21-7-5-18/h2-3,8,11,14H,4-7,9,17H2,1H3. The van der Waals surface area contributed by atoms with Gasteiger partial charge in [0.05, 0.1) is 7.11 Å². The Morgan fingerprint density at radius 1 is 1.29 bits per heavy atom. The van der Waals surface area contributed by atoms with E-state index >= 15 is 0 Å². The van der Waals surface area contributed by atoms with Gasteiger partial charge in [0.15, 0.2) is 11.5 Å². The minimum absolute atomic E-state index is 0.0110. The minimum Gasteiger partial charge on any atom is -0.493 e. The van der Waals surface area contributed by atoms with E-state index in [2.05, 4.69) is 9.64 Å². The number of thioether (sulfide) groups is 1. The van der Waals surface area contributed by atoms with Gasteiger partial charge >= 0.3 is 6.61 Å². The van der Waals surface area contributed by atoms with Crippen LogP contribution in [0.5, 0.6) is 11.5 Å². The lowest BCUT2D eigenvalue weighted by atomic mass is 10.0. The molecule has 0 spiro atoms. The molecule has 0 bridgehead atoms. The van der Waals surface area contributed by atoms with Crippen molar-refractivity contribution < 1.29 is 18.3 Å². The number of alkyl halides is 2. The highest BCUT2D eigenvalue weighted by molar-refractivity contribution is 7.99. The molecule has 21 heavy (non-hydrogen) atoms. The molecule has 1 aliphatic heterocycles. The Labute approximate surface area is 127 Å². The third-order valence-corrected chi connectivity index (χ3v) is 4.44. The van der Waals surface area contributed by atoms with Gasteiger partial charge in [0, 0.05) is 37.2 Å². The van der Waals surface area contributed by atoms with Crippen molar-refractivity contribution in [3.8, 4) is 11.5 Å². The molecule has 4 nitrogen and oxygen atoms in total. The summed E-state index contributed by atoms with van der Waals surface area (Å²) in [5.74, 6) is 2.47. The Morgan fingerprint density at radius 2 is 2.00 bits per heavy atom. The second-order valence-corrected chi connectivity index (χ2v) is 5.91. The van der Waals surface area contributed by atoms with Gasteiger partial charge in [-0.25, -0.2) is 0 Å². The summed E-state index contributed by atoms with van der Waals surface area (Å²) in [6.45, 7) is -0.546. The minimum atomic E-state index is -2.88. The molecule has 0 saturated carbocycles. The molecule has 1 aromatic carbocycles. The summed E-state index contributed by atoms with van der Waals surface area (Å²) in [6, 6.07) is 5.12. The number of rotatable bonds is 6. The molecule has 1 heterocycles. The average Bonchev–Trinajstić information content (AvgIpc) is 2.49. The fourth-order valence-corrected chi connectivity index (χ4v) is 3.41. The SMILES string of the molecule is COc1ccc(C(CN)N2CCSCC2)cc1OC(F)F.